The maximum absolute atomic E-state index is 12.6. The smallest absolute Gasteiger partial charge is 0.319 e. The Kier molecular flexibility index (Phi) is 9.93. The number of carbonyl (C=O) groups is 1. The molecule has 8 heteroatoms. The van der Waals surface area contributed by atoms with E-state index in [0.29, 0.717) is 24.4 Å². The summed E-state index contributed by atoms with van der Waals surface area (Å²) in [5, 5.41) is 15.3. The van der Waals surface area contributed by atoms with Crippen LogP contribution in [0.5, 0.6) is 5.75 Å². The largest absolute Gasteiger partial charge is 0.496 e. The average molecular weight is 571 g/mol. The van der Waals surface area contributed by atoms with Crippen molar-refractivity contribution in [1.82, 2.24) is 5.32 Å². The number of carbonyl (C=O) groups excluding carboxylic acids is 1. The lowest BCUT2D eigenvalue weighted by Gasteiger charge is -2.36. The topological polar surface area (TPSA) is 89.0 Å². The van der Waals surface area contributed by atoms with Gasteiger partial charge in [0.1, 0.15) is 5.75 Å². The molecule has 1 aliphatic rings. The second-order valence-electron chi connectivity index (χ2n) is 9.73. The molecular weight excluding hydrogens is 536 g/mol. The van der Waals surface area contributed by atoms with Gasteiger partial charge in [0, 0.05) is 34.9 Å². The van der Waals surface area contributed by atoms with Gasteiger partial charge in [-0.25, -0.2) is 4.79 Å². The number of thioether (sulfide) groups is 1. The van der Waals surface area contributed by atoms with Gasteiger partial charge in [-0.3, -0.25) is 0 Å². The van der Waals surface area contributed by atoms with Crippen LogP contribution in [0.2, 0.25) is 0 Å². The van der Waals surface area contributed by atoms with Gasteiger partial charge in [0.05, 0.1) is 25.9 Å². The molecule has 41 heavy (non-hydrogen) atoms. The van der Waals surface area contributed by atoms with Crippen LogP contribution in [-0.2, 0) is 22.6 Å². The Morgan fingerprint density at radius 3 is 2.46 bits per heavy atom. The highest BCUT2D eigenvalue weighted by molar-refractivity contribution is 7.99. The maximum Gasteiger partial charge on any atom is 0.319 e. The summed E-state index contributed by atoms with van der Waals surface area (Å²) in [7, 11) is 1.68. The lowest BCUT2D eigenvalue weighted by molar-refractivity contribution is -0.245. The summed E-state index contributed by atoms with van der Waals surface area (Å²) in [5.41, 5.74) is 4.36. The number of benzene rings is 4. The molecule has 0 bridgehead atoms. The fraction of sp³-hybridized carbons (Fsp3) is 0.242. The van der Waals surface area contributed by atoms with Gasteiger partial charge >= 0.3 is 6.03 Å². The third-order valence-corrected chi connectivity index (χ3v) is 8.01. The highest BCUT2D eigenvalue weighted by atomic mass is 32.2. The molecule has 212 valence electrons. The number of urea groups is 1. The first-order valence-electron chi connectivity index (χ1n) is 13.6. The zero-order chi connectivity index (χ0) is 28.4. The molecule has 0 aromatic heterocycles. The summed E-state index contributed by atoms with van der Waals surface area (Å²) < 4.78 is 18.5. The van der Waals surface area contributed by atoms with Crippen molar-refractivity contribution < 1.29 is 24.1 Å². The number of hydrogen-bond acceptors (Lipinski definition) is 6. The monoisotopic (exact) mass is 570 g/mol. The second-order valence-corrected chi connectivity index (χ2v) is 10.8. The van der Waals surface area contributed by atoms with E-state index in [0.717, 1.165) is 32.9 Å². The second kappa shape index (κ2) is 14.2. The molecule has 3 atom stereocenters. The third-order valence-electron chi connectivity index (χ3n) is 6.82. The van der Waals surface area contributed by atoms with Crippen molar-refractivity contribution in [2.24, 2.45) is 0 Å². The van der Waals surface area contributed by atoms with Gasteiger partial charge < -0.3 is 30.0 Å². The van der Waals surface area contributed by atoms with Crippen LogP contribution in [0.15, 0.2) is 108 Å². The van der Waals surface area contributed by atoms with Crippen LogP contribution < -0.4 is 15.4 Å². The quantitative estimate of drug-likeness (QED) is 0.181. The molecule has 0 saturated carbocycles. The minimum atomic E-state index is -0.622. The SMILES string of the molecule is COc1ccccc1SC[C@@H]1C[C@H](c2ccc(CO)cc2)O[C@H](c2cccc(NC(=O)NCc3ccccc3)c2)O1. The minimum Gasteiger partial charge on any atom is -0.496 e. The number of aliphatic hydroxyl groups excluding tert-OH is 1. The van der Waals surface area contributed by atoms with E-state index < -0.39 is 6.29 Å². The number of amides is 2. The number of anilines is 1. The molecule has 1 saturated heterocycles. The summed E-state index contributed by atoms with van der Waals surface area (Å²) in [6.45, 7) is 0.429. The molecule has 1 heterocycles. The van der Waals surface area contributed by atoms with Gasteiger partial charge in [0.2, 0.25) is 0 Å². The van der Waals surface area contributed by atoms with E-state index in [2.05, 4.69) is 10.6 Å². The van der Waals surface area contributed by atoms with Crippen molar-refractivity contribution in [2.45, 2.75) is 43.0 Å². The standard InChI is InChI=1S/C33H34N2O5S/c1-38-29-12-5-6-13-31(29)41-22-28-19-30(25-16-14-24(21-36)15-17-25)40-32(39-28)26-10-7-11-27(18-26)35-33(37)34-20-23-8-3-2-4-9-23/h2-18,28,30,32,36H,19-22H2,1H3,(H2,34,35,37)/t28-,30+,32+/m0/s1. The Hall–Kier alpha value is -3.82. The Labute approximate surface area is 244 Å². The van der Waals surface area contributed by atoms with E-state index in [9.17, 15) is 9.90 Å². The van der Waals surface area contributed by atoms with Crippen LogP contribution >= 0.6 is 11.8 Å². The molecule has 2 amide bonds. The minimum absolute atomic E-state index is 0.00552. The van der Waals surface area contributed by atoms with E-state index in [1.807, 2.05) is 103 Å². The Morgan fingerprint density at radius 2 is 1.68 bits per heavy atom. The number of para-hydroxylation sites is 1. The summed E-state index contributed by atoms with van der Waals surface area (Å²) in [6, 6.07) is 32.8. The molecular formula is C33H34N2O5S. The van der Waals surface area contributed by atoms with Gasteiger partial charge in [0.15, 0.2) is 6.29 Å². The fourth-order valence-corrected chi connectivity index (χ4v) is 5.71. The first-order chi connectivity index (χ1) is 20.1. The van der Waals surface area contributed by atoms with Crippen molar-refractivity contribution in [3.05, 3.63) is 125 Å². The van der Waals surface area contributed by atoms with Gasteiger partial charge in [-0.05, 0) is 41.0 Å². The van der Waals surface area contributed by atoms with E-state index in [4.69, 9.17) is 14.2 Å². The highest BCUT2D eigenvalue weighted by Crippen LogP contribution is 2.40. The fourth-order valence-electron chi connectivity index (χ4n) is 4.66. The predicted molar refractivity (Wildman–Crippen MR) is 161 cm³/mol. The number of nitrogens with one attached hydrogen (secondary N) is 2. The van der Waals surface area contributed by atoms with Gasteiger partial charge in [0.25, 0.3) is 0 Å². The zero-order valence-electron chi connectivity index (χ0n) is 22.9. The van der Waals surface area contributed by atoms with Crippen LogP contribution in [0.4, 0.5) is 10.5 Å². The van der Waals surface area contributed by atoms with E-state index in [-0.39, 0.29) is 24.8 Å². The maximum atomic E-state index is 12.6. The van der Waals surface area contributed by atoms with E-state index in [1.165, 1.54) is 0 Å². The first kappa shape index (κ1) is 28.7. The first-order valence-corrected chi connectivity index (χ1v) is 14.5. The van der Waals surface area contributed by atoms with Crippen LogP contribution in [-0.4, -0.2) is 30.1 Å². The van der Waals surface area contributed by atoms with Crippen LogP contribution in [0.1, 0.15) is 41.1 Å². The predicted octanol–water partition coefficient (Wildman–Crippen LogP) is 6.85. The third kappa shape index (κ3) is 7.89. The van der Waals surface area contributed by atoms with Gasteiger partial charge in [-0.15, -0.1) is 11.8 Å². The molecule has 0 radical (unpaired) electrons. The summed E-state index contributed by atoms with van der Waals surface area (Å²) in [6.07, 6.45) is -0.243. The summed E-state index contributed by atoms with van der Waals surface area (Å²) >= 11 is 1.69. The van der Waals surface area contributed by atoms with Crippen molar-refractivity contribution in [3.63, 3.8) is 0 Å². The Balaban J connectivity index is 1.30. The molecule has 0 aliphatic carbocycles. The molecule has 0 unspecified atom stereocenters. The molecule has 0 spiro atoms. The van der Waals surface area contributed by atoms with Crippen molar-refractivity contribution in [3.8, 4) is 5.75 Å². The number of rotatable bonds is 10. The average Bonchev–Trinajstić information content (AvgIpc) is 3.03. The molecule has 5 rings (SSSR count). The summed E-state index contributed by atoms with van der Waals surface area (Å²) in [4.78, 5) is 13.6. The highest BCUT2D eigenvalue weighted by Gasteiger charge is 2.32. The molecule has 4 aromatic carbocycles. The molecule has 1 fully saturated rings. The van der Waals surface area contributed by atoms with Gasteiger partial charge in [-0.2, -0.15) is 0 Å². The van der Waals surface area contributed by atoms with Crippen LogP contribution in [0.3, 0.4) is 0 Å². The Morgan fingerprint density at radius 1 is 0.902 bits per heavy atom. The van der Waals surface area contributed by atoms with Crippen molar-refractivity contribution in [1.29, 1.82) is 0 Å². The zero-order valence-corrected chi connectivity index (χ0v) is 23.7. The number of methoxy groups -OCH3 is 1. The van der Waals surface area contributed by atoms with E-state index in [1.54, 1.807) is 18.9 Å². The number of aliphatic hydroxyl groups is 1. The normalized spacial score (nSPS) is 18.4. The molecule has 1 aliphatic heterocycles. The van der Waals surface area contributed by atoms with Crippen molar-refractivity contribution in [2.75, 3.05) is 18.2 Å². The van der Waals surface area contributed by atoms with Gasteiger partial charge in [-0.1, -0.05) is 78.9 Å². The number of ether oxygens (including phenoxy) is 3. The molecule has 4 aromatic rings. The van der Waals surface area contributed by atoms with Crippen LogP contribution in [0, 0.1) is 0 Å². The number of hydrogen-bond donors (Lipinski definition) is 3. The molecule has 7 nitrogen and oxygen atoms in total. The molecule has 3 N–H and O–H groups in total. The summed E-state index contributed by atoms with van der Waals surface area (Å²) in [5.74, 6) is 1.55. The van der Waals surface area contributed by atoms with Crippen molar-refractivity contribution >= 4 is 23.5 Å². The van der Waals surface area contributed by atoms with E-state index >= 15 is 0 Å². The Bertz CT molecular complexity index is 1420. The van der Waals surface area contributed by atoms with Crippen LogP contribution in [0.25, 0.3) is 0 Å². The lowest BCUT2D eigenvalue weighted by Crippen LogP contribution is -2.31. The lowest BCUT2D eigenvalue weighted by atomic mass is 10.0.